The molecule has 0 amide bonds. The summed E-state index contributed by atoms with van der Waals surface area (Å²) in [6.45, 7) is -0.146. The average Bonchev–Trinajstić information content (AvgIpc) is 2.23. The second-order valence-corrected chi connectivity index (χ2v) is 4.13. The van der Waals surface area contributed by atoms with Crippen LogP contribution in [0.25, 0.3) is 0 Å². The standard InChI is InChI=1S/C11H15ClF2N2O/c12-9-1-2-10(15)8(5-9)6-16(3-4-17)7-11(13)14/h1-2,5,11,17H,3-4,6-7,15H2. The van der Waals surface area contributed by atoms with E-state index in [-0.39, 0.29) is 19.7 Å². The summed E-state index contributed by atoms with van der Waals surface area (Å²) in [5.41, 5.74) is 6.92. The van der Waals surface area contributed by atoms with Crippen molar-refractivity contribution in [2.75, 3.05) is 25.4 Å². The van der Waals surface area contributed by atoms with Crippen LogP contribution in [0.1, 0.15) is 5.56 Å². The van der Waals surface area contributed by atoms with E-state index in [2.05, 4.69) is 0 Å². The maximum absolute atomic E-state index is 12.3. The first-order valence-corrected chi connectivity index (χ1v) is 5.56. The molecule has 0 aliphatic heterocycles. The lowest BCUT2D eigenvalue weighted by Crippen LogP contribution is -2.31. The van der Waals surface area contributed by atoms with Crippen molar-refractivity contribution >= 4 is 17.3 Å². The van der Waals surface area contributed by atoms with E-state index >= 15 is 0 Å². The van der Waals surface area contributed by atoms with E-state index in [9.17, 15) is 8.78 Å². The Morgan fingerprint density at radius 2 is 2.12 bits per heavy atom. The lowest BCUT2D eigenvalue weighted by molar-refractivity contribution is 0.0747. The van der Waals surface area contributed by atoms with Crippen LogP contribution in [0.5, 0.6) is 0 Å². The van der Waals surface area contributed by atoms with Gasteiger partial charge in [0.15, 0.2) is 0 Å². The molecule has 6 heteroatoms. The number of hydrogen-bond acceptors (Lipinski definition) is 3. The van der Waals surface area contributed by atoms with Gasteiger partial charge in [0.05, 0.1) is 13.2 Å². The predicted octanol–water partition coefficient (Wildman–Crippen LogP) is 1.98. The number of benzene rings is 1. The van der Waals surface area contributed by atoms with Crippen LogP contribution < -0.4 is 5.73 Å². The van der Waals surface area contributed by atoms with E-state index < -0.39 is 13.0 Å². The predicted molar refractivity (Wildman–Crippen MR) is 64.2 cm³/mol. The Balaban J connectivity index is 2.74. The third-order valence-corrected chi connectivity index (χ3v) is 2.55. The van der Waals surface area contributed by atoms with Crippen molar-refractivity contribution in [3.05, 3.63) is 28.8 Å². The Hall–Kier alpha value is -0.910. The van der Waals surface area contributed by atoms with Gasteiger partial charge < -0.3 is 10.8 Å². The maximum Gasteiger partial charge on any atom is 0.251 e. The summed E-state index contributed by atoms with van der Waals surface area (Å²) < 4.78 is 24.6. The molecule has 0 fully saturated rings. The largest absolute Gasteiger partial charge is 0.398 e. The van der Waals surface area contributed by atoms with Gasteiger partial charge in [0.1, 0.15) is 0 Å². The lowest BCUT2D eigenvalue weighted by atomic mass is 10.1. The topological polar surface area (TPSA) is 49.5 Å². The minimum atomic E-state index is -2.44. The fraction of sp³-hybridized carbons (Fsp3) is 0.455. The van der Waals surface area contributed by atoms with Gasteiger partial charge in [0, 0.05) is 23.8 Å². The Labute approximate surface area is 104 Å². The van der Waals surface area contributed by atoms with Gasteiger partial charge in [-0.1, -0.05) is 11.6 Å². The third kappa shape index (κ3) is 4.85. The molecular formula is C11H15ClF2N2O. The molecule has 0 unspecified atom stereocenters. The molecule has 0 radical (unpaired) electrons. The molecule has 3 nitrogen and oxygen atoms in total. The first-order chi connectivity index (χ1) is 8.02. The van der Waals surface area contributed by atoms with Crippen molar-refractivity contribution in [3.63, 3.8) is 0 Å². The van der Waals surface area contributed by atoms with Crippen LogP contribution in [-0.4, -0.2) is 36.1 Å². The van der Waals surface area contributed by atoms with Gasteiger partial charge in [0.25, 0.3) is 6.43 Å². The van der Waals surface area contributed by atoms with Crippen molar-refractivity contribution in [1.82, 2.24) is 4.90 Å². The number of nitrogen functional groups attached to an aromatic ring is 1. The fourth-order valence-corrected chi connectivity index (χ4v) is 1.72. The zero-order valence-corrected chi connectivity index (χ0v) is 10.00. The highest BCUT2D eigenvalue weighted by Gasteiger charge is 2.13. The monoisotopic (exact) mass is 264 g/mol. The minimum absolute atomic E-state index is 0.173. The second-order valence-electron chi connectivity index (χ2n) is 3.69. The van der Waals surface area contributed by atoms with Crippen LogP contribution in [0, 0.1) is 0 Å². The molecule has 0 bridgehead atoms. The number of hydrogen-bond donors (Lipinski definition) is 2. The van der Waals surface area contributed by atoms with Gasteiger partial charge in [-0.3, -0.25) is 4.90 Å². The molecule has 0 aliphatic carbocycles. The van der Waals surface area contributed by atoms with E-state index in [0.29, 0.717) is 16.3 Å². The normalized spacial score (nSPS) is 11.4. The van der Waals surface area contributed by atoms with E-state index in [0.717, 1.165) is 0 Å². The molecule has 0 atom stereocenters. The van der Waals surface area contributed by atoms with Gasteiger partial charge in [-0.05, 0) is 23.8 Å². The number of aliphatic hydroxyl groups excluding tert-OH is 1. The number of aliphatic hydroxyl groups is 1. The number of nitrogens with two attached hydrogens (primary N) is 1. The van der Waals surface area contributed by atoms with Crippen LogP contribution in [0.15, 0.2) is 18.2 Å². The first kappa shape index (κ1) is 14.2. The van der Waals surface area contributed by atoms with Crippen LogP contribution in [-0.2, 0) is 6.54 Å². The summed E-state index contributed by atoms with van der Waals surface area (Å²) in [6, 6.07) is 4.92. The van der Waals surface area contributed by atoms with E-state index in [1.54, 1.807) is 18.2 Å². The second kappa shape index (κ2) is 6.74. The molecule has 1 aromatic rings. The van der Waals surface area contributed by atoms with Gasteiger partial charge >= 0.3 is 0 Å². The summed E-state index contributed by atoms with van der Waals surface area (Å²) >= 11 is 5.81. The molecule has 0 aliphatic rings. The molecule has 0 spiro atoms. The van der Waals surface area contributed by atoms with Gasteiger partial charge in [0.2, 0.25) is 0 Å². The van der Waals surface area contributed by atoms with Crippen LogP contribution in [0.3, 0.4) is 0 Å². The first-order valence-electron chi connectivity index (χ1n) is 5.18. The molecule has 1 aromatic carbocycles. The molecule has 0 saturated heterocycles. The maximum atomic E-state index is 12.3. The highest BCUT2D eigenvalue weighted by molar-refractivity contribution is 6.30. The molecular weight excluding hydrogens is 250 g/mol. The number of halogens is 3. The van der Waals surface area contributed by atoms with Crippen molar-refractivity contribution in [3.8, 4) is 0 Å². The summed E-state index contributed by atoms with van der Waals surface area (Å²) in [5.74, 6) is 0. The average molecular weight is 265 g/mol. The Morgan fingerprint density at radius 1 is 1.41 bits per heavy atom. The highest BCUT2D eigenvalue weighted by Crippen LogP contribution is 2.19. The summed E-state index contributed by atoms with van der Waals surface area (Å²) in [5, 5.41) is 9.32. The molecule has 0 heterocycles. The lowest BCUT2D eigenvalue weighted by Gasteiger charge is -2.21. The Kier molecular flexibility index (Phi) is 5.61. The zero-order valence-electron chi connectivity index (χ0n) is 9.24. The molecule has 0 aromatic heterocycles. The Morgan fingerprint density at radius 3 is 2.71 bits per heavy atom. The Bertz CT molecular complexity index is 363. The molecule has 0 saturated carbocycles. The number of alkyl halides is 2. The summed E-state index contributed by atoms with van der Waals surface area (Å²) in [7, 11) is 0. The van der Waals surface area contributed by atoms with E-state index in [4.69, 9.17) is 22.4 Å². The summed E-state index contributed by atoms with van der Waals surface area (Å²) in [6.07, 6.45) is -2.44. The van der Waals surface area contributed by atoms with Gasteiger partial charge in [-0.15, -0.1) is 0 Å². The van der Waals surface area contributed by atoms with Crippen LogP contribution in [0.2, 0.25) is 5.02 Å². The van der Waals surface area contributed by atoms with E-state index in [1.165, 1.54) is 4.90 Å². The van der Waals surface area contributed by atoms with Crippen LogP contribution >= 0.6 is 11.6 Å². The van der Waals surface area contributed by atoms with Gasteiger partial charge in [-0.25, -0.2) is 8.78 Å². The summed E-state index contributed by atoms with van der Waals surface area (Å²) in [4.78, 5) is 1.44. The number of nitrogens with zero attached hydrogens (tertiary/aromatic N) is 1. The van der Waals surface area contributed by atoms with Crippen LogP contribution in [0.4, 0.5) is 14.5 Å². The highest BCUT2D eigenvalue weighted by atomic mass is 35.5. The van der Waals surface area contributed by atoms with Crippen molar-refractivity contribution in [2.24, 2.45) is 0 Å². The molecule has 17 heavy (non-hydrogen) atoms. The smallest absolute Gasteiger partial charge is 0.251 e. The van der Waals surface area contributed by atoms with E-state index in [1.807, 2.05) is 0 Å². The SMILES string of the molecule is Nc1ccc(Cl)cc1CN(CCO)CC(F)F. The number of rotatable bonds is 6. The van der Waals surface area contributed by atoms with Crippen molar-refractivity contribution in [1.29, 1.82) is 0 Å². The minimum Gasteiger partial charge on any atom is -0.398 e. The van der Waals surface area contributed by atoms with Crippen molar-refractivity contribution in [2.45, 2.75) is 13.0 Å². The quantitative estimate of drug-likeness (QED) is 0.773. The fourth-order valence-electron chi connectivity index (χ4n) is 1.52. The molecule has 3 N–H and O–H groups in total. The zero-order chi connectivity index (χ0) is 12.8. The molecule has 96 valence electrons. The van der Waals surface area contributed by atoms with Crippen molar-refractivity contribution < 1.29 is 13.9 Å². The van der Waals surface area contributed by atoms with Gasteiger partial charge in [-0.2, -0.15) is 0 Å². The number of anilines is 1. The third-order valence-electron chi connectivity index (χ3n) is 2.31. The molecule has 1 rings (SSSR count).